The van der Waals surface area contributed by atoms with E-state index in [-0.39, 0.29) is 11.1 Å². The number of halogens is 1. The molecule has 0 unspecified atom stereocenters. The number of ether oxygens (including phenoxy) is 3. The molecule has 1 aliphatic heterocycles. The predicted molar refractivity (Wildman–Crippen MR) is 172 cm³/mol. The Balaban J connectivity index is 1.49. The summed E-state index contributed by atoms with van der Waals surface area (Å²) in [5, 5.41) is 1.70. The molecule has 0 spiro atoms. The number of carbonyl (C=O) groups is 1. The fraction of sp³-hybridized carbons (Fsp3) is 0.206. The van der Waals surface area contributed by atoms with Gasteiger partial charge in [0.25, 0.3) is 5.56 Å². The molecule has 8 nitrogen and oxygen atoms in total. The minimum atomic E-state index is -0.764. The van der Waals surface area contributed by atoms with Crippen molar-refractivity contribution < 1.29 is 19.0 Å². The highest BCUT2D eigenvalue weighted by atomic mass is 35.5. The van der Waals surface area contributed by atoms with Gasteiger partial charge in [-0.25, -0.2) is 9.79 Å². The van der Waals surface area contributed by atoms with E-state index in [9.17, 15) is 9.59 Å². The van der Waals surface area contributed by atoms with Crippen LogP contribution in [-0.4, -0.2) is 35.4 Å². The van der Waals surface area contributed by atoms with Crippen molar-refractivity contribution in [3.8, 4) is 11.5 Å². The molecule has 1 atom stereocenters. The topological polar surface area (TPSA) is 84.0 Å². The SMILES string of the molecule is CCOc1ccc([C@@H]2C(C(=O)OC)=CN=c3s/c(=C/c4cn(Cc5cccc(Cl)c5)c5ccccc45)c(=O)n32)cc1OCC. The lowest BCUT2D eigenvalue weighted by molar-refractivity contribution is -0.136. The number of aromatic nitrogens is 2. The maximum Gasteiger partial charge on any atom is 0.337 e. The molecular formula is C34H30ClN3O5S. The molecule has 3 heterocycles. The van der Waals surface area contributed by atoms with Crippen molar-refractivity contribution in [3.63, 3.8) is 0 Å². The first-order valence-corrected chi connectivity index (χ1v) is 15.4. The molecule has 5 aromatic rings. The zero-order valence-electron chi connectivity index (χ0n) is 24.5. The maximum atomic E-state index is 14.1. The lowest BCUT2D eigenvalue weighted by atomic mass is 9.97. The highest BCUT2D eigenvalue weighted by Gasteiger charge is 2.31. The van der Waals surface area contributed by atoms with Crippen molar-refractivity contribution in [2.45, 2.75) is 26.4 Å². The molecule has 10 heteroatoms. The van der Waals surface area contributed by atoms with E-state index < -0.39 is 12.0 Å². The van der Waals surface area contributed by atoms with Gasteiger partial charge in [0, 0.05) is 40.4 Å². The normalized spacial score (nSPS) is 14.6. The number of hydrogen-bond acceptors (Lipinski definition) is 7. The molecule has 0 amide bonds. The van der Waals surface area contributed by atoms with Crippen LogP contribution in [-0.2, 0) is 16.1 Å². The molecule has 44 heavy (non-hydrogen) atoms. The summed E-state index contributed by atoms with van der Waals surface area (Å²) in [5.41, 5.74) is 3.67. The lowest BCUT2D eigenvalue weighted by Crippen LogP contribution is -2.39. The number of hydrogen-bond donors (Lipinski definition) is 0. The average Bonchev–Trinajstić information content (AvgIpc) is 3.54. The zero-order valence-corrected chi connectivity index (χ0v) is 26.0. The van der Waals surface area contributed by atoms with Gasteiger partial charge in [0.15, 0.2) is 16.3 Å². The third-order valence-electron chi connectivity index (χ3n) is 7.36. The minimum Gasteiger partial charge on any atom is -0.490 e. The Morgan fingerprint density at radius 2 is 1.82 bits per heavy atom. The number of nitrogens with zero attached hydrogens (tertiary/aromatic N) is 3. The smallest absolute Gasteiger partial charge is 0.337 e. The van der Waals surface area contributed by atoms with Crippen LogP contribution in [0, 0.1) is 0 Å². The van der Waals surface area contributed by atoms with E-state index in [2.05, 4.69) is 15.6 Å². The third kappa shape index (κ3) is 5.56. The van der Waals surface area contributed by atoms with E-state index >= 15 is 0 Å². The van der Waals surface area contributed by atoms with Gasteiger partial charge in [-0.2, -0.15) is 0 Å². The van der Waals surface area contributed by atoms with Crippen LogP contribution in [0.3, 0.4) is 0 Å². The van der Waals surface area contributed by atoms with Crippen LogP contribution in [0.4, 0.5) is 0 Å². The number of thiazole rings is 1. The number of fused-ring (bicyclic) bond motifs is 2. The number of rotatable bonds is 9. The van der Waals surface area contributed by atoms with Gasteiger partial charge in [0.1, 0.15) is 0 Å². The monoisotopic (exact) mass is 627 g/mol. The van der Waals surface area contributed by atoms with Crippen molar-refractivity contribution in [1.82, 2.24) is 9.13 Å². The van der Waals surface area contributed by atoms with Gasteiger partial charge in [-0.05, 0) is 61.4 Å². The fourth-order valence-electron chi connectivity index (χ4n) is 5.48. The van der Waals surface area contributed by atoms with Crippen LogP contribution in [0.5, 0.6) is 11.5 Å². The van der Waals surface area contributed by atoms with Gasteiger partial charge in [-0.1, -0.05) is 59.3 Å². The predicted octanol–water partition coefficient (Wildman–Crippen LogP) is 5.47. The summed E-state index contributed by atoms with van der Waals surface area (Å²) < 4.78 is 20.9. The average molecular weight is 628 g/mol. The minimum absolute atomic E-state index is 0.246. The van der Waals surface area contributed by atoms with Crippen LogP contribution >= 0.6 is 22.9 Å². The molecule has 3 aromatic carbocycles. The summed E-state index contributed by atoms with van der Waals surface area (Å²) in [5.74, 6) is 0.551. The number of carbonyl (C=O) groups excluding carboxylic acids is 1. The summed E-state index contributed by atoms with van der Waals surface area (Å²) in [4.78, 5) is 32.1. The Kier molecular flexibility index (Phi) is 8.41. The highest BCUT2D eigenvalue weighted by molar-refractivity contribution is 7.07. The summed E-state index contributed by atoms with van der Waals surface area (Å²) in [6.45, 7) is 5.30. The van der Waals surface area contributed by atoms with Gasteiger partial charge in [-0.15, -0.1) is 0 Å². The zero-order chi connectivity index (χ0) is 30.8. The highest BCUT2D eigenvalue weighted by Crippen LogP contribution is 2.35. The standard InChI is InChI=1S/C34H30ClN3O5S/c1-4-42-28-14-13-22(16-29(28)43-5-2)31-26(33(40)41-3)18-36-34-38(31)32(39)30(44-34)17-23-20-37(27-12-7-6-11-25(23)27)19-21-9-8-10-24(35)15-21/h6-18,20,31H,4-5,19H2,1-3H3/b30-17+/t31-/m1/s1. The second-order valence-corrected chi connectivity index (χ2v) is 11.6. The van der Waals surface area contributed by atoms with Crippen molar-refractivity contribution in [2.24, 2.45) is 4.99 Å². The molecule has 224 valence electrons. The molecule has 0 radical (unpaired) electrons. The molecular weight excluding hydrogens is 598 g/mol. The van der Waals surface area contributed by atoms with Crippen LogP contribution in [0.2, 0.25) is 5.02 Å². The van der Waals surface area contributed by atoms with Crippen LogP contribution < -0.4 is 24.4 Å². The lowest BCUT2D eigenvalue weighted by Gasteiger charge is -2.23. The molecule has 2 aromatic heterocycles. The summed E-state index contributed by atoms with van der Waals surface area (Å²) >= 11 is 7.52. The fourth-order valence-corrected chi connectivity index (χ4v) is 6.65. The van der Waals surface area contributed by atoms with Crippen LogP contribution in [0.1, 0.15) is 36.6 Å². The van der Waals surface area contributed by atoms with Crippen molar-refractivity contribution >= 4 is 45.9 Å². The number of benzene rings is 3. The third-order valence-corrected chi connectivity index (χ3v) is 8.59. The molecule has 0 fully saturated rings. The molecule has 0 saturated heterocycles. The molecule has 1 aliphatic rings. The van der Waals surface area contributed by atoms with Crippen molar-refractivity contribution in [2.75, 3.05) is 20.3 Å². The Morgan fingerprint density at radius 3 is 2.59 bits per heavy atom. The van der Waals surface area contributed by atoms with Gasteiger partial charge in [-0.3, -0.25) is 9.36 Å². The number of methoxy groups -OCH3 is 1. The first-order chi connectivity index (χ1) is 21.4. The molecule has 0 saturated carbocycles. The van der Waals surface area contributed by atoms with Gasteiger partial charge in [0.2, 0.25) is 0 Å². The van der Waals surface area contributed by atoms with E-state index in [4.69, 9.17) is 25.8 Å². The summed E-state index contributed by atoms with van der Waals surface area (Å²) in [7, 11) is 1.31. The molecule has 6 rings (SSSR count). The van der Waals surface area contributed by atoms with Gasteiger partial charge < -0.3 is 18.8 Å². The first-order valence-electron chi connectivity index (χ1n) is 14.2. The maximum absolute atomic E-state index is 14.1. The van der Waals surface area contributed by atoms with Gasteiger partial charge >= 0.3 is 5.97 Å². The second kappa shape index (κ2) is 12.6. The summed E-state index contributed by atoms with van der Waals surface area (Å²) in [6.07, 6.45) is 5.42. The van der Waals surface area contributed by atoms with E-state index in [1.807, 2.05) is 80.7 Å². The quantitative estimate of drug-likeness (QED) is 0.202. The van der Waals surface area contributed by atoms with E-state index in [0.717, 1.165) is 22.0 Å². The van der Waals surface area contributed by atoms with Crippen molar-refractivity contribution in [1.29, 1.82) is 0 Å². The molecule has 0 N–H and O–H groups in total. The Labute approximate surface area is 262 Å². The summed E-state index contributed by atoms with van der Waals surface area (Å²) in [6, 6.07) is 20.5. The largest absolute Gasteiger partial charge is 0.490 e. The number of esters is 1. The molecule has 0 bridgehead atoms. The van der Waals surface area contributed by atoms with Crippen molar-refractivity contribution in [3.05, 3.63) is 126 Å². The molecule has 0 aliphatic carbocycles. The van der Waals surface area contributed by atoms with E-state index in [1.165, 1.54) is 24.6 Å². The Morgan fingerprint density at radius 1 is 1.02 bits per heavy atom. The Hall–Kier alpha value is -4.60. The number of para-hydroxylation sites is 1. The van der Waals surface area contributed by atoms with Crippen LogP contribution in [0.15, 0.2) is 94.5 Å². The van der Waals surface area contributed by atoms with E-state index in [0.29, 0.717) is 51.2 Å². The Bertz CT molecular complexity index is 2090. The first kappa shape index (κ1) is 29.5. The van der Waals surface area contributed by atoms with Crippen LogP contribution in [0.25, 0.3) is 17.0 Å². The van der Waals surface area contributed by atoms with E-state index in [1.54, 1.807) is 10.6 Å². The second-order valence-electron chi connectivity index (χ2n) is 10.1. The van der Waals surface area contributed by atoms with Gasteiger partial charge in [0.05, 0.1) is 36.5 Å².